The Balaban J connectivity index is 1.81. The Bertz CT molecular complexity index is 1060. The van der Waals surface area contributed by atoms with E-state index in [1.165, 1.54) is 42.0 Å². The Morgan fingerprint density at radius 1 is 1.00 bits per heavy atom. The summed E-state index contributed by atoms with van der Waals surface area (Å²) in [5.41, 5.74) is 1.75. The highest BCUT2D eigenvalue weighted by Gasteiger charge is 2.10. The zero-order chi connectivity index (χ0) is 19.4. The minimum Gasteiger partial charge on any atom is -0.322 e. The van der Waals surface area contributed by atoms with Crippen LogP contribution in [0, 0.1) is 5.82 Å². The van der Waals surface area contributed by atoms with Crippen LogP contribution in [-0.4, -0.2) is 16.3 Å². The lowest BCUT2D eigenvalue weighted by molar-refractivity contribution is 0.101. The van der Waals surface area contributed by atoms with E-state index >= 15 is 0 Å². The van der Waals surface area contributed by atoms with Crippen LogP contribution in [0.4, 0.5) is 10.1 Å². The number of nitrogens with zero attached hydrogens (tertiary/aromatic N) is 1. The molecule has 1 aromatic heterocycles. The molecule has 0 saturated heterocycles. The number of carbonyl (C=O) groups excluding carboxylic acids is 2. The number of anilines is 1. The molecule has 0 radical (unpaired) electrons. The van der Waals surface area contributed by atoms with Crippen LogP contribution >= 0.6 is 0 Å². The molecule has 2 aromatic carbocycles. The predicted octanol–water partition coefficient (Wildman–Crippen LogP) is 3.49. The molecular formula is C21H17FN2O3. The number of nitrogens with one attached hydrogen (secondary N) is 1. The Kier molecular flexibility index (Phi) is 5.26. The van der Waals surface area contributed by atoms with E-state index in [1.807, 2.05) is 0 Å². The van der Waals surface area contributed by atoms with Crippen molar-refractivity contribution in [2.45, 2.75) is 13.5 Å². The van der Waals surface area contributed by atoms with Gasteiger partial charge in [0.05, 0.1) is 12.1 Å². The number of halogens is 1. The molecule has 1 heterocycles. The molecule has 0 atom stereocenters. The fraction of sp³-hybridized carbons (Fsp3) is 0.0952. The Morgan fingerprint density at radius 2 is 1.74 bits per heavy atom. The number of benzene rings is 2. The molecule has 0 aliphatic carbocycles. The maximum atomic E-state index is 13.0. The number of Topliss-reactive ketones (excluding diaryl/α,β-unsaturated/α-hetero) is 1. The van der Waals surface area contributed by atoms with Crippen molar-refractivity contribution < 1.29 is 14.0 Å². The molecule has 1 amide bonds. The van der Waals surface area contributed by atoms with E-state index in [0.29, 0.717) is 16.8 Å². The van der Waals surface area contributed by atoms with E-state index in [-0.39, 0.29) is 23.7 Å². The number of aromatic nitrogens is 1. The third kappa shape index (κ3) is 4.55. The average molecular weight is 364 g/mol. The molecule has 0 spiro atoms. The van der Waals surface area contributed by atoms with Crippen LogP contribution in [0.5, 0.6) is 0 Å². The Hall–Kier alpha value is -3.54. The molecule has 3 rings (SSSR count). The first-order chi connectivity index (χ1) is 12.9. The normalized spacial score (nSPS) is 10.4. The molecule has 0 unspecified atom stereocenters. The highest BCUT2D eigenvalue weighted by molar-refractivity contribution is 6.04. The van der Waals surface area contributed by atoms with Crippen LogP contribution in [-0.2, 0) is 6.54 Å². The summed E-state index contributed by atoms with van der Waals surface area (Å²) in [7, 11) is 0. The van der Waals surface area contributed by atoms with Gasteiger partial charge < -0.3 is 9.88 Å². The van der Waals surface area contributed by atoms with Gasteiger partial charge in [-0.1, -0.05) is 24.3 Å². The number of pyridine rings is 1. The minimum atomic E-state index is -0.399. The number of amides is 1. The summed E-state index contributed by atoms with van der Waals surface area (Å²) < 4.78 is 14.4. The lowest BCUT2D eigenvalue weighted by Gasteiger charge is -2.10. The summed E-state index contributed by atoms with van der Waals surface area (Å²) in [6.07, 6.45) is 1.45. The van der Waals surface area contributed by atoms with Gasteiger partial charge >= 0.3 is 0 Å². The van der Waals surface area contributed by atoms with Crippen LogP contribution < -0.4 is 10.9 Å². The number of ketones is 1. The smallest absolute Gasteiger partial charge is 0.257 e. The first-order valence-corrected chi connectivity index (χ1v) is 8.30. The van der Waals surface area contributed by atoms with Gasteiger partial charge in [-0.25, -0.2) is 4.39 Å². The van der Waals surface area contributed by atoms with Crippen molar-refractivity contribution >= 4 is 17.4 Å². The van der Waals surface area contributed by atoms with Crippen molar-refractivity contribution in [2.24, 2.45) is 0 Å². The van der Waals surface area contributed by atoms with Crippen molar-refractivity contribution in [1.82, 2.24) is 4.57 Å². The second kappa shape index (κ2) is 7.78. The first-order valence-electron chi connectivity index (χ1n) is 8.30. The number of carbonyl (C=O) groups is 2. The van der Waals surface area contributed by atoms with Gasteiger partial charge in [-0.15, -0.1) is 0 Å². The van der Waals surface area contributed by atoms with Crippen molar-refractivity contribution in [3.63, 3.8) is 0 Å². The van der Waals surface area contributed by atoms with Gasteiger partial charge in [0.25, 0.3) is 11.5 Å². The predicted molar refractivity (Wildman–Crippen MR) is 101 cm³/mol. The second-order valence-corrected chi connectivity index (χ2v) is 6.10. The zero-order valence-corrected chi connectivity index (χ0v) is 14.6. The molecule has 136 valence electrons. The summed E-state index contributed by atoms with van der Waals surface area (Å²) in [6.45, 7) is 1.67. The third-order valence-corrected chi connectivity index (χ3v) is 4.04. The summed E-state index contributed by atoms with van der Waals surface area (Å²) in [5.74, 6) is -0.852. The summed E-state index contributed by atoms with van der Waals surface area (Å²) in [6, 6.07) is 15.2. The van der Waals surface area contributed by atoms with Crippen LogP contribution in [0.25, 0.3) is 0 Å². The molecule has 0 bridgehead atoms. The SMILES string of the molecule is CC(=O)c1cccc(NC(=O)c2ccc(=O)n(Cc3ccc(F)cc3)c2)c1. The van der Waals surface area contributed by atoms with E-state index in [2.05, 4.69) is 5.32 Å². The molecule has 27 heavy (non-hydrogen) atoms. The van der Waals surface area contributed by atoms with Crippen LogP contribution in [0.15, 0.2) is 71.7 Å². The monoisotopic (exact) mass is 364 g/mol. The van der Waals surface area contributed by atoms with Crippen LogP contribution in [0.3, 0.4) is 0 Å². The van der Waals surface area contributed by atoms with Crippen molar-refractivity contribution in [3.8, 4) is 0 Å². The average Bonchev–Trinajstić information content (AvgIpc) is 2.65. The molecule has 0 saturated carbocycles. The third-order valence-electron chi connectivity index (χ3n) is 4.04. The number of hydrogen-bond acceptors (Lipinski definition) is 3. The molecule has 0 fully saturated rings. The van der Waals surface area contributed by atoms with Crippen LogP contribution in [0.1, 0.15) is 33.2 Å². The fourth-order valence-electron chi connectivity index (χ4n) is 2.59. The largest absolute Gasteiger partial charge is 0.322 e. The standard InChI is InChI=1S/C21H17FN2O3/c1-14(25)16-3-2-4-19(11-16)23-21(27)17-7-10-20(26)24(13-17)12-15-5-8-18(22)9-6-15/h2-11,13H,12H2,1H3,(H,23,27). The van der Waals surface area contributed by atoms with Crippen molar-refractivity contribution in [1.29, 1.82) is 0 Å². The molecule has 0 aliphatic heterocycles. The van der Waals surface area contributed by atoms with E-state index in [4.69, 9.17) is 0 Å². The highest BCUT2D eigenvalue weighted by atomic mass is 19.1. The first kappa shape index (κ1) is 18.3. The number of hydrogen-bond donors (Lipinski definition) is 1. The maximum absolute atomic E-state index is 13.0. The van der Waals surface area contributed by atoms with Gasteiger partial charge in [0.15, 0.2) is 5.78 Å². The van der Waals surface area contributed by atoms with E-state index in [0.717, 1.165) is 5.56 Å². The lowest BCUT2D eigenvalue weighted by Crippen LogP contribution is -2.22. The summed E-state index contributed by atoms with van der Waals surface area (Å²) >= 11 is 0. The van der Waals surface area contributed by atoms with Crippen LogP contribution in [0.2, 0.25) is 0 Å². The quantitative estimate of drug-likeness (QED) is 0.705. The second-order valence-electron chi connectivity index (χ2n) is 6.10. The summed E-state index contributed by atoms with van der Waals surface area (Å²) in [4.78, 5) is 36.0. The van der Waals surface area contributed by atoms with Crippen molar-refractivity contribution in [3.05, 3.63) is 99.7 Å². The van der Waals surface area contributed by atoms with Crippen molar-refractivity contribution in [2.75, 3.05) is 5.32 Å². The van der Waals surface area contributed by atoms with Gasteiger partial charge in [-0.2, -0.15) is 0 Å². The highest BCUT2D eigenvalue weighted by Crippen LogP contribution is 2.13. The number of rotatable bonds is 5. The zero-order valence-electron chi connectivity index (χ0n) is 14.6. The van der Waals surface area contributed by atoms with E-state index in [9.17, 15) is 18.8 Å². The van der Waals surface area contributed by atoms with Gasteiger partial charge in [-0.3, -0.25) is 14.4 Å². The van der Waals surface area contributed by atoms with E-state index < -0.39 is 5.91 Å². The molecular weight excluding hydrogens is 347 g/mol. The van der Waals surface area contributed by atoms with Gasteiger partial charge in [0.2, 0.25) is 0 Å². The fourth-order valence-corrected chi connectivity index (χ4v) is 2.59. The van der Waals surface area contributed by atoms with E-state index in [1.54, 1.807) is 36.4 Å². The molecule has 3 aromatic rings. The molecule has 1 N–H and O–H groups in total. The van der Waals surface area contributed by atoms with Gasteiger partial charge in [-0.05, 0) is 42.8 Å². The molecule has 5 nitrogen and oxygen atoms in total. The Labute approximate surface area is 155 Å². The molecule has 0 aliphatic rings. The van der Waals surface area contributed by atoms with Gasteiger partial charge in [0, 0.05) is 23.5 Å². The topological polar surface area (TPSA) is 68.2 Å². The Morgan fingerprint density at radius 3 is 2.44 bits per heavy atom. The lowest BCUT2D eigenvalue weighted by atomic mass is 10.1. The minimum absolute atomic E-state index is 0.0982. The molecule has 6 heteroatoms. The van der Waals surface area contributed by atoms with Gasteiger partial charge in [0.1, 0.15) is 5.82 Å². The maximum Gasteiger partial charge on any atom is 0.257 e. The summed E-state index contributed by atoms with van der Waals surface area (Å²) in [5, 5.41) is 2.72.